The van der Waals surface area contributed by atoms with E-state index in [9.17, 15) is 0 Å². The molecule has 4 heteroatoms. The second-order valence-electron chi connectivity index (χ2n) is 6.19. The third-order valence-corrected chi connectivity index (χ3v) is 8.19. The monoisotopic (exact) mass is 304 g/mol. The van der Waals surface area contributed by atoms with Crippen LogP contribution in [0.15, 0.2) is 0 Å². The fraction of sp³-hybridized carbons (Fsp3) is 1.00. The van der Waals surface area contributed by atoms with E-state index < -0.39 is 0 Å². The predicted molar refractivity (Wildman–Crippen MR) is 91.3 cm³/mol. The molecule has 0 aromatic carbocycles. The van der Waals surface area contributed by atoms with Gasteiger partial charge in [0, 0.05) is 12.2 Å². The maximum absolute atomic E-state index is 5.93. The van der Waals surface area contributed by atoms with Crippen molar-refractivity contribution in [2.75, 3.05) is 0 Å². The predicted octanol–water partition coefficient (Wildman–Crippen LogP) is 3.50. The number of hydrogen-bond acceptors (Lipinski definition) is 2. The van der Waals surface area contributed by atoms with E-state index in [2.05, 4.69) is 34.6 Å². The van der Waals surface area contributed by atoms with Gasteiger partial charge >= 0.3 is 0 Å². The van der Waals surface area contributed by atoms with E-state index >= 15 is 0 Å². The number of rotatable bonds is 13. The lowest BCUT2D eigenvalue weighted by atomic mass is 10.1. The zero-order chi connectivity index (χ0) is 14.5. The lowest BCUT2D eigenvalue weighted by Gasteiger charge is -2.19. The molecule has 2 nitrogen and oxygen atoms in total. The van der Waals surface area contributed by atoms with E-state index in [1.54, 1.807) is 0 Å². The topological polar surface area (TPSA) is 18.5 Å². The van der Waals surface area contributed by atoms with Crippen molar-refractivity contribution in [2.24, 2.45) is 0 Å². The minimum absolute atomic E-state index is 0.372. The van der Waals surface area contributed by atoms with Gasteiger partial charge < -0.3 is 8.85 Å². The first kappa shape index (κ1) is 19.4. The lowest BCUT2D eigenvalue weighted by molar-refractivity contribution is 0.240. The fourth-order valence-electron chi connectivity index (χ4n) is 2.09. The summed E-state index contributed by atoms with van der Waals surface area (Å²) in [5, 5.41) is 0.843. The molecule has 0 spiro atoms. The van der Waals surface area contributed by atoms with Gasteiger partial charge in [0.05, 0.1) is 0 Å². The van der Waals surface area contributed by atoms with Crippen LogP contribution in [0.4, 0.5) is 0 Å². The van der Waals surface area contributed by atoms with Crippen molar-refractivity contribution < 1.29 is 8.85 Å². The quantitative estimate of drug-likeness (QED) is 0.383. The third-order valence-electron chi connectivity index (χ3n) is 3.30. The van der Waals surface area contributed by atoms with Crippen LogP contribution < -0.4 is 0 Å². The molecule has 0 fully saturated rings. The summed E-state index contributed by atoms with van der Waals surface area (Å²) in [5.41, 5.74) is 0. The van der Waals surface area contributed by atoms with Gasteiger partial charge in [0.2, 0.25) is 0 Å². The van der Waals surface area contributed by atoms with Crippen molar-refractivity contribution in [2.45, 2.75) is 96.9 Å². The van der Waals surface area contributed by atoms with Gasteiger partial charge in [-0.3, -0.25) is 0 Å². The van der Waals surface area contributed by atoms with Gasteiger partial charge in [-0.1, -0.05) is 51.9 Å². The standard InChI is InChI=1S/C15H36O2Si2/c1-6-7-8-9-10-11-12-15(18-16-13(2)3)19-17-14(4)5/h13-15H,6-12,18-19H2,1-5H3. The molecular formula is C15H36O2Si2. The van der Waals surface area contributed by atoms with Crippen LogP contribution in [0.25, 0.3) is 0 Å². The summed E-state index contributed by atoms with van der Waals surface area (Å²) in [6.45, 7) is 10.9. The molecule has 0 saturated carbocycles. The molecule has 0 heterocycles. The molecule has 0 aliphatic heterocycles. The van der Waals surface area contributed by atoms with Crippen molar-refractivity contribution >= 4 is 19.5 Å². The van der Waals surface area contributed by atoms with Crippen LogP contribution in [0.3, 0.4) is 0 Å². The highest BCUT2D eigenvalue weighted by Gasteiger charge is 2.13. The van der Waals surface area contributed by atoms with Crippen molar-refractivity contribution in [3.05, 3.63) is 0 Å². The van der Waals surface area contributed by atoms with Crippen molar-refractivity contribution in [1.29, 1.82) is 0 Å². The Labute approximate surface area is 125 Å². The maximum Gasteiger partial charge on any atom is 0.164 e. The summed E-state index contributed by atoms with van der Waals surface area (Å²) >= 11 is 0. The number of hydrogen-bond donors (Lipinski definition) is 0. The summed E-state index contributed by atoms with van der Waals surface area (Å²) in [4.78, 5) is 0. The van der Waals surface area contributed by atoms with Crippen LogP contribution in [0.5, 0.6) is 0 Å². The molecule has 0 unspecified atom stereocenters. The van der Waals surface area contributed by atoms with Crippen LogP contribution >= 0.6 is 0 Å². The molecule has 0 amide bonds. The minimum Gasteiger partial charge on any atom is -0.422 e. The summed E-state index contributed by atoms with van der Waals surface area (Å²) in [7, 11) is -0.745. The van der Waals surface area contributed by atoms with Gasteiger partial charge in [0.15, 0.2) is 19.5 Å². The van der Waals surface area contributed by atoms with Gasteiger partial charge in [0.25, 0.3) is 0 Å². The Morgan fingerprint density at radius 1 is 0.737 bits per heavy atom. The van der Waals surface area contributed by atoms with Crippen molar-refractivity contribution in [3.8, 4) is 0 Å². The Kier molecular flexibility index (Phi) is 13.6. The SMILES string of the molecule is CCCCCCCCC([SiH2]OC(C)C)[SiH2]OC(C)C. The van der Waals surface area contributed by atoms with E-state index in [1.165, 1.54) is 44.9 Å². The van der Waals surface area contributed by atoms with Crippen LogP contribution in [-0.4, -0.2) is 31.7 Å². The molecule has 0 atom stereocenters. The molecule has 19 heavy (non-hydrogen) atoms. The van der Waals surface area contributed by atoms with Gasteiger partial charge in [-0.05, 0) is 32.9 Å². The molecule has 0 aliphatic carbocycles. The van der Waals surface area contributed by atoms with E-state index in [0.29, 0.717) is 12.2 Å². The zero-order valence-corrected chi connectivity index (χ0v) is 16.7. The zero-order valence-electron chi connectivity index (χ0n) is 13.9. The molecule has 116 valence electrons. The van der Waals surface area contributed by atoms with Crippen LogP contribution in [0.1, 0.15) is 79.6 Å². The van der Waals surface area contributed by atoms with Gasteiger partial charge in [-0.2, -0.15) is 0 Å². The Hall–Kier alpha value is 0.354. The molecule has 0 N–H and O–H groups in total. The van der Waals surface area contributed by atoms with E-state index in [1.807, 2.05) is 0 Å². The van der Waals surface area contributed by atoms with Crippen LogP contribution in [0, 0.1) is 0 Å². The Balaban J connectivity index is 3.71. The number of unbranched alkanes of at least 4 members (excludes halogenated alkanes) is 5. The largest absolute Gasteiger partial charge is 0.422 e. The third kappa shape index (κ3) is 14.6. The molecule has 0 saturated heterocycles. The summed E-state index contributed by atoms with van der Waals surface area (Å²) in [6, 6.07) is 0. The molecule has 0 aliphatic rings. The lowest BCUT2D eigenvalue weighted by Crippen LogP contribution is -2.22. The molecule has 0 aromatic heterocycles. The maximum atomic E-state index is 5.93. The molecule has 0 radical (unpaired) electrons. The highest BCUT2D eigenvalue weighted by atomic mass is 28.3. The highest BCUT2D eigenvalue weighted by Crippen LogP contribution is 2.16. The van der Waals surface area contributed by atoms with Gasteiger partial charge in [-0.15, -0.1) is 0 Å². The normalized spacial score (nSPS) is 14.7. The average Bonchev–Trinajstić information content (AvgIpc) is 2.35. The first-order chi connectivity index (χ1) is 9.06. The highest BCUT2D eigenvalue weighted by molar-refractivity contribution is 6.51. The summed E-state index contributed by atoms with van der Waals surface area (Å²) in [5.74, 6) is 0. The van der Waals surface area contributed by atoms with E-state index in [0.717, 1.165) is 5.16 Å². The summed E-state index contributed by atoms with van der Waals surface area (Å²) < 4.78 is 11.9. The molecule has 0 rings (SSSR count). The first-order valence-electron chi connectivity index (χ1n) is 8.29. The van der Waals surface area contributed by atoms with Crippen molar-refractivity contribution in [3.63, 3.8) is 0 Å². The summed E-state index contributed by atoms with van der Waals surface area (Å²) in [6.07, 6.45) is 10.6. The van der Waals surface area contributed by atoms with Gasteiger partial charge in [0.1, 0.15) is 0 Å². The Morgan fingerprint density at radius 3 is 1.68 bits per heavy atom. The molecule has 0 bridgehead atoms. The Bertz CT molecular complexity index is 175. The second kappa shape index (κ2) is 13.3. The second-order valence-corrected chi connectivity index (χ2v) is 11.0. The molecular weight excluding hydrogens is 268 g/mol. The average molecular weight is 305 g/mol. The van der Waals surface area contributed by atoms with Gasteiger partial charge in [-0.25, -0.2) is 0 Å². The molecule has 0 aromatic rings. The first-order valence-corrected chi connectivity index (χ1v) is 11.1. The van der Waals surface area contributed by atoms with E-state index in [4.69, 9.17) is 8.85 Å². The van der Waals surface area contributed by atoms with Crippen LogP contribution in [0.2, 0.25) is 5.16 Å². The van der Waals surface area contributed by atoms with E-state index in [-0.39, 0.29) is 19.5 Å². The van der Waals surface area contributed by atoms with Crippen LogP contribution in [-0.2, 0) is 8.85 Å². The minimum atomic E-state index is -0.372. The Morgan fingerprint density at radius 2 is 1.21 bits per heavy atom. The fourth-order valence-corrected chi connectivity index (χ4v) is 5.51. The van der Waals surface area contributed by atoms with Crippen molar-refractivity contribution in [1.82, 2.24) is 0 Å². The smallest absolute Gasteiger partial charge is 0.164 e.